The number of hydrogen-bond acceptors (Lipinski definition) is 3. The van der Waals surface area contributed by atoms with Crippen LogP contribution < -0.4 is 0 Å². The van der Waals surface area contributed by atoms with E-state index < -0.39 is 7.52 Å². The Bertz CT molecular complexity index is 315. The number of rotatable bonds is 7. The molecule has 0 aromatic heterocycles. The van der Waals surface area contributed by atoms with Crippen LogP contribution in [0.3, 0.4) is 0 Å². The van der Waals surface area contributed by atoms with Crippen molar-refractivity contribution in [1.29, 1.82) is 5.26 Å². The maximum absolute atomic E-state index is 12.7. The van der Waals surface area contributed by atoms with Gasteiger partial charge >= 0.3 is 7.52 Å². The average molecular weight is 272 g/mol. The normalized spacial score (nSPS) is 20.6. The van der Waals surface area contributed by atoms with Crippen molar-refractivity contribution in [2.45, 2.75) is 64.9 Å². The van der Waals surface area contributed by atoms with E-state index in [0.29, 0.717) is 13.1 Å². The van der Waals surface area contributed by atoms with E-state index in [1.54, 1.807) is 4.67 Å². The van der Waals surface area contributed by atoms with Gasteiger partial charge in [-0.15, -0.1) is 0 Å². The zero-order valence-electron chi connectivity index (χ0n) is 11.6. The molecular weight excluding hydrogens is 247 g/mol. The number of nitrogens with zero attached hydrogens (tertiary/aromatic N) is 2. The average Bonchev–Trinajstić information content (AvgIpc) is 2.39. The maximum atomic E-state index is 12.7. The zero-order chi connectivity index (χ0) is 13.4. The minimum Gasteiger partial charge on any atom is -0.304 e. The SMILES string of the molecule is CCCN(CCC)P(=O)(C#N)OC1CCCCC1. The molecule has 104 valence electrons. The molecule has 0 aromatic rings. The summed E-state index contributed by atoms with van der Waals surface area (Å²) in [6.07, 6.45) is 7.15. The van der Waals surface area contributed by atoms with Crippen LogP contribution in [0.5, 0.6) is 0 Å². The van der Waals surface area contributed by atoms with Gasteiger partial charge in [-0.3, -0.25) is 4.57 Å². The molecule has 0 heterocycles. The van der Waals surface area contributed by atoms with Crippen molar-refractivity contribution in [2.24, 2.45) is 0 Å². The molecule has 1 unspecified atom stereocenters. The molecule has 0 bridgehead atoms. The molecule has 0 spiro atoms. The van der Waals surface area contributed by atoms with Crippen LogP contribution in [-0.2, 0) is 9.09 Å². The van der Waals surface area contributed by atoms with Gasteiger partial charge in [0.2, 0.25) is 0 Å². The van der Waals surface area contributed by atoms with E-state index >= 15 is 0 Å². The van der Waals surface area contributed by atoms with E-state index in [9.17, 15) is 9.83 Å². The summed E-state index contributed by atoms with van der Waals surface area (Å²) < 4.78 is 20.1. The predicted molar refractivity (Wildman–Crippen MR) is 73.3 cm³/mol. The summed E-state index contributed by atoms with van der Waals surface area (Å²) in [5, 5.41) is 9.26. The third-order valence-corrected chi connectivity index (χ3v) is 5.29. The first-order valence-electron chi connectivity index (χ1n) is 7.11. The second-order valence-electron chi connectivity index (χ2n) is 4.94. The fraction of sp³-hybridized carbons (Fsp3) is 0.923. The third kappa shape index (κ3) is 4.39. The van der Waals surface area contributed by atoms with Crippen molar-refractivity contribution in [3.05, 3.63) is 0 Å². The second kappa shape index (κ2) is 7.94. The highest BCUT2D eigenvalue weighted by molar-refractivity contribution is 7.61. The Kier molecular flexibility index (Phi) is 6.92. The Hall–Kier alpha value is -0.360. The summed E-state index contributed by atoms with van der Waals surface area (Å²) in [6.45, 7) is 5.41. The summed E-state index contributed by atoms with van der Waals surface area (Å²) in [5.41, 5.74) is 0. The zero-order valence-corrected chi connectivity index (χ0v) is 12.5. The minimum absolute atomic E-state index is 0.0143. The summed E-state index contributed by atoms with van der Waals surface area (Å²) in [7, 11) is -3.27. The molecule has 1 aliphatic rings. The van der Waals surface area contributed by atoms with Gasteiger partial charge in [0.1, 0.15) is 0 Å². The van der Waals surface area contributed by atoms with Gasteiger partial charge in [-0.2, -0.15) is 5.26 Å². The third-order valence-electron chi connectivity index (χ3n) is 3.31. The van der Waals surface area contributed by atoms with E-state index in [0.717, 1.165) is 38.5 Å². The topological polar surface area (TPSA) is 53.3 Å². The highest BCUT2D eigenvalue weighted by Crippen LogP contribution is 2.52. The minimum atomic E-state index is -3.27. The van der Waals surface area contributed by atoms with Gasteiger partial charge < -0.3 is 4.52 Å². The van der Waals surface area contributed by atoms with E-state index in [1.165, 1.54) is 6.42 Å². The van der Waals surface area contributed by atoms with E-state index in [-0.39, 0.29) is 6.10 Å². The number of nitriles is 1. The van der Waals surface area contributed by atoms with Crippen molar-refractivity contribution < 1.29 is 9.09 Å². The Labute approximate surface area is 111 Å². The van der Waals surface area contributed by atoms with Gasteiger partial charge in [0, 0.05) is 13.1 Å². The molecule has 0 aliphatic heterocycles. The standard InChI is InChI=1S/C13H25N2O2P/c1-3-10-15(11-4-2)18(16,12-14)17-13-8-6-5-7-9-13/h13H,3-11H2,1-2H3. The van der Waals surface area contributed by atoms with Gasteiger partial charge in [-0.05, 0) is 25.7 Å². The van der Waals surface area contributed by atoms with Crippen LogP contribution in [0.4, 0.5) is 0 Å². The summed E-state index contributed by atoms with van der Waals surface area (Å²) in [4.78, 5) is 0. The lowest BCUT2D eigenvalue weighted by molar-refractivity contribution is 0.143. The molecule has 1 aliphatic carbocycles. The van der Waals surface area contributed by atoms with Crippen LogP contribution in [0.1, 0.15) is 58.8 Å². The van der Waals surface area contributed by atoms with Crippen molar-refractivity contribution in [3.8, 4) is 5.81 Å². The quantitative estimate of drug-likeness (QED) is 0.654. The molecule has 0 N–H and O–H groups in total. The molecule has 1 fully saturated rings. The Balaban J connectivity index is 2.68. The van der Waals surface area contributed by atoms with Gasteiger partial charge in [-0.25, -0.2) is 4.67 Å². The first-order chi connectivity index (χ1) is 8.66. The smallest absolute Gasteiger partial charge is 0.304 e. The molecule has 18 heavy (non-hydrogen) atoms. The molecule has 0 aromatic carbocycles. The fourth-order valence-electron chi connectivity index (χ4n) is 2.42. The molecule has 0 saturated heterocycles. The van der Waals surface area contributed by atoms with Crippen LogP contribution in [0.15, 0.2) is 0 Å². The van der Waals surface area contributed by atoms with Crippen molar-refractivity contribution in [3.63, 3.8) is 0 Å². The Morgan fingerprint density at radius 2 is 1.78 bits per heavy atom. The maximum Gasteiger partial charge on any atom is 0.371 e. The summed E-state index contributed by atoms with van der Waals surface area (Å²) >= 11 is 0. The lowest BCUT2D eigenvalue weighted by Crippen LogP contribution is -2.26. The number of hydrogen-bond donors (Lipinski definition) is 0. The van der Waals surface area contributed by atoms with Crippen molar-refractivity contribution in [2.75, 3.05) is 13.1 Å². The van der Waals surface area contributed by atoms with Gasteiger partial charge in [-0.1, -0.05) is 33.1 Å². The van der Waals surface area contributed by atoms with E-state index in [4.69, 9.17) is 4.52 Å². The molecule has 5 heteroatoms. The van der Waals surface area contributed by atoms with Gasteiger partial charge in [0.05, 0.1) is 6.10 Å². The highest BCUT2D eigenvalue weighted by atomic mass is 31.2. The van der Waals surface area contributed by atoms with Gasteiger partial charge in [0.25, 0.3) is 0 Å². The first kappa shape index (κ1) is 15.7. The first-order valence-corrected chi connectivity index (χ1v) is 8.69. The van der Waals surface area contributed by atoms with Crippen LogP contribution >= 0.6 is 7.52 Å². The van der Waals surface area contributed by atoms with E-state index in [2.05, 4.69) is 0 Å². The molecule has 1 atom stereocenters. The molecule has 0 amide bonds. The van der Waals surface area contributed by atoms with Crippen LogP contribution in [-0.4, -0.2) is 23.9 Å². The largest absolute Gasteiger partial charge is 0.371 e. The monoisotopic (exact) mass is 272 g/mol. The fourth-order valence-corrected chi connectivity index (χ4v) is 4.27. The summed E-state index contributed by atoms with van der Waals surface area (Å²) in [5.74, 6) is 1.95. The lowest BCUT2D eigenvalue weighted by atomic mass is 9.98. The van der Waals surface area contributed by atoms with E-state index in [1.807, 2.05) is 19.7 Å². The predicted octanol–water partition coefficient (Wildman–Crippen LogP) is 4.13. The molecule has 1 rings (SSSR count). The molecule has 0 radical (unpaired) electrons. The second-order valence-corrected chi connectivity index (χ2v) is 6.96. The highest BCUT2D eigenvalue weighted by Gasteiger charge is 2.34. The van der Waals surface area contributed by atoms with Crippen LogP contribution in [0.2, 0.25) is 0 Å². The van der Waals surface area contributed by atoms with Crippen molar-refractivity contribution in [1.82, 2.24) is 4.67 Å². The van der Waals surface area contributed by atoms with Crippen LogP contribution in [0, 0.1) is 11.1 Å². The molecule has 4 nitrogen and oxygen atoms in total. The Morgan fingerprint density at radius 1 is 1.22 bits per heavy atom. The lowest BCUT2D eigenvalue weighted by Gasteiger charge is -2.30. The molecule has 1 saturated carbocycles. The molecular formula is C13H25N2O2P. The Morgan fingerprint density at radius 3 is 2.22 bits per heavy atom. The summed E-state index contributed by atoms with van der Waals surface area (Å²) in [6, 6.07) is 0. The van der Waals surface area contributed by atoms with Crippen LogP contribution in [0.25, 0.3) is 0 Å². The van der Waals surface area contributed by atoms with Gasteiger partial charge in [0.15, 0.2) is 5.81 Å². The van der Waals surface area contributed by atoms with Crippen molar-refractivity contribution >= 4 is 7.52 Å².